The van der Waals surface area contributed by atoms with Crippen LogP contribution < -0.4 is 19.1 Å². The van der Waals surface area contributed by atoms with Gasteiger partial charge in [0.2, 0.25) is 5.91 Å². The number of fused-ring (bicyclic) bond motifs is 5. The highest BCUT2D eigenvalue weighted by Gasteiger charge is 2.57. The van der Waals surface area contributed by atoms with Gasteiger partial charge in [0.25, 0.3) is 0 Å². The summed E-state index contributed by atoms with van der Waals surface area (Å²) >= 11 is 0. The second-order valence-electron chi connectivity index (χ2n) is 7.75. The van der Waals surface area contributed by atoms with Gasteiger partial charge in [0, 0.05) is 23.9 Å². The smallest absolute Gasteiger partial charge is 0.245 e. The Morgan fingerprint density at radius 3 is 2.61 bits per heavy atom. The van der Waals surface area contributed by atoms with Gasteiger partial charge in [-0.05, 0) is 30.5 Å². The number of hydrogen-bond acceptors (Lipinski definition) is 5. The van der Waals surface area contributed by atoms with Crippen molar-refractivity contribution in [2.24, 2.45) is 0 Å². The summed E-state index contributed by atoms with van der Waals surface area (Å²) in [7, 11) is 0. The van der Waals surface area contributed by atoms with E-state index in [1.165, 1.54) is 0 Å². The molecule has 6 rings (SSSR count). The van der Waals surface area contributed by atoms with E-state index in [1.54, 1.807) is 0 Å². The van der Waals surface area contributed by atoms with Gasteiger partial charge in [0.1, 0.15) is 31.0 Å². The Morgan fingerprint density at radius 2 is 1.79 bits per heavy atom. The predicted octanol–water partition coefficient (Wildman–Crippen LogP) is 2.66. The molecule has 2 atom stereocenters. The largest absolute Gasteiger partial charge is 0.491 e. The van der Waals surface area contributed by atoms with Gasteiger partial charge in [-0.1, -0.05) is 18.2 Å². The van der Waals surface area contributed by atoms with Gasteiger partial charge in [0.15, 0.2) is 11.5 Å². The van der Waals surface area contributed by atoms with Crippen molar-refractivity contribution in [3.8, 4) is 17.2 Å². The van der Waals surface area contributed by atoms with Crippen LogP contribution in [0.3, 0.4) is 0 Å². The minimum Gasteiger partial charge on any atom is -0.491 e. The molecule has 0 saturated carbocycles. The van der Waals surface area contributed by atoms with Crippen LogP contribution in [0, 0.1) is 0 Å². The van der Waals surface area contributed by atoms with Crippen molar-refractivity contribution in [2.45, 2.75) is 24.4 Å². The molecule has 6 nitrogen and oxygen atoms in total. The van der Waals surface area contributed by atoms with E-state index in [0.717, 1.165) is 36.3 Å². The molecule has 2 aromatic carbocycles. The number of anilines is 1. The first-order chi connectivity index (χ1) is 13.8. The molecule has 2 unspecified atom stereocenters. The molecule has 1 amide bonds. The maximum atomic E-state index is 13.8. The number of benzene rings is 2. The minimum absolute atomic E-state index is 0.0552. The summed E-state index contributed by atoms with van der Waals surface area (Å²) in [5.74, 6) is 2.11. The fraction of sp³-hybridized carbons (Fsp3) is 0.409. The lowest BCUT2D eigenvalue weighted by atomic mass is 9.77. The van der Waals surface area contributed by atoms with Crippen molar-refractivity contribution in [3.63, 3.8) is 0 Å². The number of para-hydroxylation sites is 1. The van der Waals surface area contributed by atoms with Crippen LogP contribution in [0.1, 0.15) is 24.0 Å². The van der Waals surface area contributed by atoms with Crippen molar-refractivity contribution >= 4 is 11.6 Å². The third kappa shape index (κ3) is 2.09. The van der Waals surface area contributed by atoms with Crippen LogP contribution in [-0.4, -0.2) is 45.0 Å². The van der Waals surface area contributed by atoms with Crippen LogP contribution in [0.2, 0.25) is 0 Å². The average Bonchev–Trinajstić information content (AvgIpc) is 3.43. The Kier molecular flexibility index (Phi) is 3.41. The Bertz CT molecular complexity index is 967. The van der Waals surface area contributed by atoms with Crippen LogP contribution in [0.4, 0.5) is 5.69 Å². The van der Waals surface area contributed by atoms with Gasteiger partial charge in [-0.2, -0.15) is 0 Å². The molecular weight excluding hydrogens is 358 g/mol. The predicted molar refractivity (Wildman–Crippen MR) is 101 cm³/mol. The molecular formula is C22H21NO5. The Morgan fingerprint density at radius 1 is 0.964 bits per heavy atom. The maximum Gasteiger partial charge on any atom is 0.245 e. The van der Waals surface area contributed by atoms with Crippen LogP contribution in [0.25, 0.3) is 0 Å². The fourth-order valence-electron chi connectivity index (χ4n) is 4.88. The monoisotopic (exact) mass is 379 g/mol. The van der Waals surface area contributed by atoms with Gasteiger partial charge < -0.3 is 23.8 Å². The lowest BCUT2D eigenvalue weighted by molar-refractivity contribution is -0.122. The summed E-state index contributed by atoms with van der Waals surface area (Å²) in [6.45, 7) is 2.68. The first-order valence-electron chi connectivity index (χ1n) is 9.87. The van der Waals surface area contributed by atoms with E-state index in [2.05, 4.69) is 0 Å². The second kappa shape index (κ2) is 5.88. The van der Waals surface area contributed by atoms with Crippen LogP contribution >= 0.6 is 0 Å². The van der Waals surface area contributed by atoms with Gasteiger partial charge >= 0.3 is 0 Å². The summed E-state index contributed by atoms with van der Waals surface area (Å²) in [6, 6.07) is 11.8. The van der Waals surface area contributed by atoms with E-state index >= 15 is 0 Å². The molecule has 4 heterocycles. The molecule has 0 aromatic heterocycles. The van der Waals surface area contributed by atoms with E-state index < -0.39 is 5.41 Å². The normalized spacial score (nSPS) is 27.1. The Labute approximate surface area is 162 Å². The van der Waals surface area contributed by atoms with E-state index in [-0.39, 0.29) is 12.0 Å². The van der Waals surface area contributed by atoms with Crippen LogP contribution in [-0.2, 0) is 14.9 Å². The summed E-state index contributed by atoms with van der Waals surface area (Å²) in [5, 5.41) is 0. The summed E-state index contributed by atoms with van der Waals surface area (Å²) in [4.78, 5) is 15.7. The summed E-state index contributed by atoms with van der Waals surface area (Å²) in [5.41, 5.74) is 1.98. The third-order valence-electron chi connectivity index (χ3n) is 6.22. The Hall–Kier alpha value is -2.73. The van der Waals surface area contributed by atoms with Gasteiger partial charge in [-0.15, -0.1) is 0 Å². The molecule has 4 aliphatic heterocycles. The van der Waals surface area contributed by atoms with E-state index in [1.807, 2.05) is 41.3 Å². The Balaban J connectivity index is 1.48. The zero-order valence-corrected chi connectivity index (χ0v) is 15.5. The first kappa shape index (κ1) is 16.2. The van der Waals surface area contributed by atoms with Crippen molar-refractivity contribution in [1.82, 2.24) is 0 Å². The number of carbonyl (C=O) groups excluding carboxylic acids is 1. The van der Waals surface area contributed by atoms with Gasteiger partial charge in [-0.3, -0.25) is 4.79 Å². The van der Waals surface area contributed by atoms with Crippen molar-refractivity contribution in [2.75, 3.05) is 37.9 Å². The highest BCUT2D eigenvalue weighted by molar-refractivity contribution is 6.11. The number of hydrogen-bond donors (Lipinski definition) is 0. The van der Waals surface area contributed by atoms with Gasteiger partial charge in [0.05, 0.1) is 12.6 Å². The lowest BCUT2D eigenvalue weighted by Crippen LogP contribution is -2.45. The molecule has 2 aromatic rings. The minimum atomic E-state index is -0.833. The number of carbonyl (C=O) groups is 1. The molecule has 28 heavy (non-hydrogen) atoms. The lowest BCUT2D eigenvalue weighted by Gasteiger charge is -2.25. The summed E-state index contributed by atoms with van der Waals surface area (Å²) < 4.78 is 23.3. The molecule has 1 saturated heterocycles. The fourth-order valence-corrected chi connectivity index (χ4v) is 4.88. The number of ether oxygens (including phenoxy) is 4. The van der Waals surface area contributed by atoms with E-state index in [4.69, 9.17) is 18.9 Å². The molecule has 1 fully saturated rings. The topological polar surface area (TPSA) is 57.2 Å². The number of amides is 1. The summed E-state index contributed by atoms with van der Waals surface area (Å²) in [6.07, 6.45) is 2.13. The SMILES string of the molecule is O=C1N(CC2CCCO2)c2ccccc2C12COc1cc3c(cc12)OCCO3. The molecule has 0 aliphatic carbocycles. The van der Waals surface area contributed by atoms with Crippen molar-refractivity contribution in [3.05, 3.63) is 47.5 Å². The van der Waals surface area contributed by atoms with Crippen LogP contribution in [0.15, 0.2) is 36.4 Å². The highest BCUT2D eigenvalue weighted by Crippen LogP contribution is 2.54. The second-order valence-corrected chi connectivity index (χ2v) is 7.75. The molecule has 0 bridgehead atoms. The molecule has 4 aliphatic rings. The standard InChI is InChI=1S/C22H21NO5/c24-21-22(13-28-18-11-20-19(10-16(18)22)26-8-9-27-20)15-5-1-2-6-17(15)23(21)12-14-4-3-7-25-14/h1-2,5-6,10-11,14H,3-4,7-9,12-13H2. The molecule has 0 N–H and O–H groups in total. The van der Waals surface area contributed by atoms with E-state index in [9.17, 15) is 4.79 Å². The molecule has 1 spiro atoms. The molecule has 144 valence electrons. The number of rotatable bonds is 2. The number of nitrogens with zero attached hydrogens (tertiary/aromatic N) is 1. The van der Waals surface area contributed by atoms with Crippen molar-refractivity contribution in [1.29, 1.82) is 0 Å². The first-order valence-corrected chi connectivity index (χ1v) is 9.87. The average molecular weight is 379 g/mol. The highest BCUT2D eigenvalue weighted by atomic mass is 16.6. The third-order valence-corrected chi connectivity index (χ3v) is 6.22. The molecule has 0 radical (unpaired) electrons. The van der Waals surface area contributed by atoms with Crippen molar-refractivity contribution < 1.29 is 23.7 Å². The zero-order chi connectivity index (χ0) is 18.7. The quantitative estimate of drug-likeness (QED) is 0.803. The maximum absolute atomic E-state index is 13.8. The van der Waals surface area contributed by atoms with Gasteiger partial charge in [-0.25, -0.2) is 0 Å². The van der Waals surface area contributed by atoms with Crippen LogP contribution in [0.5, 0.6) is 17.2 Å². The molecule has 6 heteroatoms. The van der Waals surface area contributed by atoms with E-state index in [0.29, 0.717) is 43.6 Å². The zero-order valence-electron chi connectivity index (χ0n) is 15.5.